The molecule has 0 fully saturated rings. The number of aliphatic carboxylic acids is 1. The predicted molar refractivity (Wildman–Crippen MR) is 155 cm³/mol. The van der Waals surface area contributed by atoms with Gasteiger partial charge in [-0.2, -0.15) is 11.8 Å². The topological polar surface area (TPSA) is 214 Å². The Kier molecular flexibility index (Phi) is 13.6. The summed E-state index contributed by atoms with van der Waals surface area (Å²) < 4.78 is 0. The van der Waals surface area contributed by atoms with Crippen LogP contribution in [0.1, 0.15) is 30.4 Å². The third-order valence-electron chi connectivity index (χ3n) is 6.18. The fourth-order valence-electron chi connectivity index (χ4n) is 3.91. The number of phenolic OH excluding ortho intramolecular Hbond substituents is 1. The maximum Gasteiger partial charge on any atom is 0.326 e. The van der Waals surface area contributed by atoms with E-state index in [-0.39, 0.29) is 37.9 Å². The van der Waals surface area contributed by atoms with Crippen molar-refractivity contribution in [2.24, 2.45) is 11.5 Å². The van der Waals surface area contributed by atoms with E-state index >= 15 is 0 Å². The van der Waals surface area contributed by atoms with Gasteiger partial charge >= 0.3 is 5.97 Å². The largest absolute Gasteiger partial charge is 0.508 e. The van der Waals surface area contributed by atoms with Gasteiger partial charge in [0, 0.05) is 12.8 Å². The second-order valence-electron chi connectivity index (χ2n) is 9.48. The summed E-state index contributed by atoms with van der Waals surface area (Å²) in [6, 6.07) is 10.3. The molecule has 222 valence electrons. The van der Waals surface area contributed by atoms with Crippen molar-refractivity contribution in [3.05, 3.63) is 65.7 Å². The number of aromatic hydroxyl groups is 1. The highest BCUT2D eigenvalue weighted by molar-refractivity contribution is 7.98. The van der Waals surface area contributed by atoms with Crippen LogP contribution in [0.2, 0.25) is 0 Å². The number of thioether (sulfide) groups is 1. The number of nitrogens with two attached hydrogens (primary N) is 2. The summed E-state index contributed by atoms with van der Waals surface area (Å²) >= 11 is 1.43. The van der Waals surface area contributed by atoms with Gasteiger partial charge in [0.25, 0.3) is 0 Å². The van der Waals surface area contributed by atoms with Crippen LogP contribution in [0, 0.1) is 0 Å². The van der Waals surface area contributed by atoms with Crippen molar-refractivity contribution in [1.29, 1.82) is 0 Å². The van der Waals surface area contributed by atoms with Gasteiger partial charge in [0.2, 0.25) is 23.6 Å². The Bertz CT molecular complexity index is 1180. The van der Waals surface area contributed by atoms with E-state index in [2.05, 4.69) is 16.0 Å². The smallest absolute Gasteiger partial charge is 0.326 e. The summed E-state index contributed by atoms with van der Waals surface area (Å²) in [5.74, 6) is -3.48. The lowest BCUT2D eigenvalue weighted by Gasteiger charge is -2.25. The van der Waals surface area contributed by atoms with E-state index in [1.165, 1.54) is 23.9 Å². The van der Waals surface area contributed by atoms with Gasteiger partial charge in [0.05, 0.1) is 6.04 Å². The summed E-state index contributed by atoms with van der Waals surface area (Å²) in [7, 11) is 0. The number of hydrogen-bond donors (Lipinski definition) is 7. The number of carbonyl (C=O) groups excluding carboxylic acids is 4. The number of carboxylic acid groups (broad SMARTS) is 1. The molecular formula is C28H37N5O7S. The lowest BCUT2D eigenvalue weighted by atomic mass is 10.0. The van der Waals surface area contributed by atoms with Crippen molar-refractivity contribution in [1.82, 2.24) is 16.0 Å². The third kappa shape index (κ3) is 11.9. The average Bonchev–Trinajstić information content (AvgIpc) is 2.94. The Hall–Kier alpha value is -4.10. The van der Waals surface area contributed by atoms with Crippen molar-refractivity contribution < 1.29 is 34.2 Å². The predicted octanol–water partition coefficient (Wildman–Crippen LogP) is 0.0623. The normalized spacial score (nSPS) is 13.7. The molecule has 0 aliphatic carbocycles. The van der Waals surface area contributed by atoms with E-state index in [0.29, 0.717) is 16.9 Å². The number of primary amides is 1. The van der Waals surface area contributed by atoms with Gasteiger partial charge < -0.3 is 37.6 Å². The van der Waals surface area contributed by atoms with Gasteiger partial charge in [0.1, 0.15) is 23.9 Å². The number of hydrogen-bond acceptors (Lipinski definition) is 8. The summed E-state index contributed by atoms with van der Waals surface area (Å²) in [4.78, 5) is 62.6. The van der Waals surface area contributed by atoms with E-state index in [0.717, 1.165) is 0 Å². The van der Waals surface area contributed by atoms with Gasteiger partial charge in [-0.15, -0.1) is 0 Å². The van der Waals surface area contributed by atoms with Crippen LogP contribution in [-0.4, -0.2) is 76.0 Å². The quantitative estimate of drug-likeness (QED) is 0.133. The van der Waals surface area contributed by atoms with Crippen LogP contribution in [-0.2, 0) is 36.8 Å². The number of nitrogens with one attached hydrogen (secondary N) is 3. The summed E-state index contributed by atoms with van der Waals surface area (Å²) in [5, 5.41) is 26.6. The number of carbonyl (C=O) groups is 5. The molecule has 13 heteroatoms. The maximum absolute atomic E-state index is 13.4. The number of amides is 4. The highest BCUT2D eigenvalue weighted by atomic mass is 32.2. The molecule has 0 aliphatic heterocycles. The molecule has 0 aliphatic rings. The first-order chi connectivity index (χ1) is 19.5. The van der Waals surface area contributed by atoms with Crippen molar-refractivity contribution in [2.45, 2.75) is 56.3 Å². The lowest BCUT2D eigenvalue weighted by molar-refractivity contribution is -0.142. The van der Waals surface area contributed by atoms with Gasteiger partial charge in [0.15, 0.2) is 0 Å². The molecule has 0 heterocycles. The Morgan fingerprint density at radius 3 is 1.93 bits per heavy atom. The molecule has 9 N–H and O–H groups in total. The molecule has 0 spiro atoms. The van der Waals surface area contributed by atoms with Crippen LogP contribution in [0.5, 0.6) is 5.75 Å². The lowest BCUT2D eigenvalue weighted by Crippen LogP contribution is -2.58. The zero-order chi connectivity index (χ0) is 30.4. The van der Waals surface area contributed by atoms with Crippen LogP contribution in [0.15, 0.2) is 54.6 Å². The molecule has 0 saturated carbocycles. The number of phenols is 1. The van der Waals surface area contributed by atoms with Crippen LogP contribution in [0.25, 0.3) is 0 Å². The minimum absolute atomic E-state index is 0.0458. The minimum Gasteiger partial charge on any atom is -0.508 e. The Balaban J connectivity index is 2.21. The molecule has 0 aromatic heterocycles. The monoisotopic (exact) mass is 587 g/mol. The summed E-state index contributed by atoms with van der Waals surface area (Å²) in [5.41, 5.74) is 12.7. The third-order valence-corrected chi connectivity index (χ3v) is 6.83. The Morgan fingerprint density at radius 1 is 0.780 bits per heavy atom. The molecule has 0 saturated heterocycles. The van der Waals surface area contributed by atoms with Gasteiger partial charge in [-0.25, -0.2) is 4.79 Å². The van der Waals surface area contributed by atoms with Crippen molar-refractivity contribution in [3.63, 3.8) is 0 Å². The second-order valence-corrected chi connectivity index (χ2v) is 10.5. The molecular weight excluding hydrogens is 550 g/mol. The van der Waals surface area contributed by atoms with E-state index in [1.807, 2.05) is 6.26 Å². The van der Waals surface area contributed by atoms with Crippen LogP contribution in [0.3, 0.4) is 0 Å². The van der Waals surface area contributed by atoms with Gasteiger partial charge in [-0.05, 0) is 54.5 Å². The van der Waals surface area contributed by atoms with Crippen molar-refractivity contribution >= 4 is 41.4 Å². The first-order valence-electron chi connectivity index (χ1n) is 13.0. The van der Waals surface area contributed by atoms with E-state index in [9.17, 15) is 34.2 Å². The zero-order valence-electron chi connectivity index (χ0n) is 22.7. The minimum atomic E-state index is -1.25. The summed E-state index contributed by atoms with van der Waals surface area (Å²) in [6.07, 6.45) is 1.79. The van der Waals surface area contributed by atoms with Crippen molar-refractivity contribution in [3.8, 4) is 5.75 Å². The van der Waals surface area contributed by atoms with E-state index < -0.39 is 53.8 Å². The number of rotatable bonds is 17. The second kappa shape index (κ2) is 16.9. The fourth-order valence-corrected chi connectivity index (χ4v) is 4.38. The van der Waals surface area contributed by atoms with Crippen LogP contribution in [0.4, 0.5) is 0 Å². The molecule has 4 atom stereocenters. The Labute approximate surface area is 242 Å². The number of benzene rings is 2. The van der Waals surface area contributed by atoms with Gasteiger partial charge in [-0.1, -0.05) is 42.5 Å². The number of carboxylic acids is 1. The zero-order valence-corrected chi connectivity index (χ0v) is 23.6. The molecule has 0 radical (unpaired) electrons. The molecule has 4 amide bonds. The first-order valence-corrected chi connectivity index (χ1v) is 14.4. The molecule has 0 bridgehead atoms. The van der Waals surface area contributed by atoms with Gasteiger partial charge in [-0.3, -0.25) is 19.2 Å². The molecule has 4 unspecified atom stereocenters. The van der Waals surface area contributed by atoms with Crippen molar-refractivity contribution in [2.75, 3.05) is 12.0 Å². The SMILES string of the molecule is CSCCC(NC(=O)C(Cc1ccccc1)NC(=O)C(CCC(N)=O)NC(=O)C(N)Cc1ccc(O)cc1)C(=O)O. The molecule has 2 rings (SSSR count). The van der Waals surface area contributed by atoms with E-state index in [4.69, 9.17) is 11.5 Å². The molecule has 2 aromatic rings. The van der Waals surface area contributed by atoms with Crippen LogP contribution >= 0.6 is 11.8 Å². The highest BCUT2D eigenvalue weighted by Crippen LogP contribution is 2.12. The van der Waals surface area contributed by atoms with E-state index in [1.54, 1.807) is 42.5 Å². The Morgan fingerprint density at radius 2 is 1.34 bits per heavy atom. The summed E-state index contributed by atoms with van der Waals surface area (Å²) in [6.45, 7) is 0. The highest BCUT2D eigenvalue weighted by Gasteiger charge is 2.30. The first kappa shape index (κ1) is 33.1. The molecule has 41 heavy (non-hydrogen) atoms. The average molecular weight is 588 g/mol. The van der Waals surface area contributed by atoms with Crippen LogP contribution < -0.4 is 27.4 Å². The maximum atomic E-state index is 13.4. The molecule has 2 aromatic carbocycles. The fraction of sp³-hybridized carbons (Fsp3) is 0.393. The standard InChI is InChI=1S/C28H37N5O7S/c1-41-14-13-22(28(39)40)32-27(38)23(16-17-5-3-2-4-6-17)33-26(37)21(11-12-24(30)35)31-25(36)20(29)15-18-7-9-19(34)10-8-18/h2-10,20-23,34H,11-16,29H2,1H3,(H2,30,35)(H,31,36)(H,32,38)(H,33,37)(H,39,40). The molecule has 12 nitrogen and oxygen atoms in total.